The number of anilines is 1. The Morgan fingerprint density at radius 1 is 1.26 bits per heavy atom. The third-order valence-corrected chi connectivity index (χ3v) is 3.08. The molecule has 2 rings (SSSR count). The van der Waals surface area contributed by atoms with Crippen LogP contribution in [0.5, 0.6) is 0 Å². The van der Waals surface area contributed by atoms with Gasteiger partial charge in [-0.1, -0.05) is 29.4 Å². The molecular formula is C13H13N3O2S. The molecule has 98 valence electrons. The van der Waals surface area contributed by atoms with Gasteiger partial charge in [0, 0.05) is 5.69 Å². The zero-order valence-electron chi connectivity index (χ0n) is 10.1. The van der Waals surface area contributed by atoms with Crippen molar-refractivity contribution in [2.45, 2.75) is 0 Å². The number of amidine groups is 1. The van der Waals surface area contributed by atoms with Crippen molar-refractivity contribution in [3.8, 4) is 0 Å². The molecule has 0 fully saturated rings. The summed E-state index contributed by atoms with van der Waals surface area (Å²) in [4.78, 5) is 17.3. The number of nitrogens with two attached hydrogens (primary N) is 1. The highest BCUT2D eigenvalue weighted by atomic mass is 32.1. The lowest BCUT2D eigenvalue weighted by atomic mass is 10.3. The number of oxime groups is 1. The second-order valence-corrected chi connectivity index (χ2v) is 4.59. The van der Waals surface area contributed by atoms with Gasteiger partial charge in [0.15, 0.2) is 12.4 Å². The first-order valence-electron chi connectivity index (χ1n) is 5.60. The van der Waals surface area contributed by atoms with Crippen molar-refractivity contribution in [2.24, 2.45) is 10.9 Å². The lowest BCUT2D eigenvalue weighted by Gasteiger charge is -2.04. The number of amides is 1. The van der Waals surface area contributed by atoms with Gasteiger partial charge in [-0.25, -0.2) is 0 Å². The lowest BCUT2D eigenvalue weighted by Crippen LogP contribution is -2.18. The number of rotatable bonds is 5. The van der Waals surface area contributed by atoms with E-state index in [-0.39, 0.29) is 18.3 Å². The van der Waals surface area contributed by atoms with E-state index in [0.29, 0.717) is 5.69 Å². The molecule has 19 heavy (non-hydrogen) atoms. The number of para-hydroxylation sites is 1. The molecule has 0 radical (unpaired) electrons. The van der Waals surface area contributed by atoms with E-state index in [1.54, 1.807) is 12.1 Å². The van der Waals surface area contributed by atoms with Crippen molar-refractivity contribution < 1.29 is 9.63 Å². The molecule has 1 aromatic heterocycles. The van der Waals surface area contributed by atoms with E-state index in [1.165, 1.54) is 11.3 Å². The Morgan fingerprint density at radius 2 is 2.05 bits per heavy atom. The van der Waals surface area contributed by atoms with Crippen LogP contribution in [0.3, 0.4) is 0 Å². The highest BCUT2D eigenvalue weighted by Gasteiger charge is 2.03. The summed E-state index contributed by atoms with van der Waals surface area (Å²) in [6.45, 7) is -0.180. The van der Waals surface area contributed by atoms with Gasteiger partial charge in [0.25, 0.3) is 5.91 Å². The number of nitrogens with zero attached hydrogens (tertiary/aromatic N) is 1. The van der Waals surface area contributed by atoms with Crippen molar-refractivity contribution in [2.75, 3.05) is 11.9 Å². The number of benzene rings is 1. The van der Waals surface area contributed by atoms with E-state index in [1.807, 2.05) is 35.7 Å². The van der Waals surface area contributed by atoms with Crippen molar-refractivity contribution in [1.29, 1.82) is 0 Å². The second-order valence-electron chi connectivity index (χ2n) is 3.64. The van der Waals surface area contributed by atoms with Crippen LogP contribution in [-0.4, -0.2) is 18.3 Å². The summed E-state index contributed by atoms with van der Waals surface area (Å²) in [5, 5.41) is 8.26. The molecule has 0 aliphatic rings. The van der Waals surface area contributed by atoms with Crippen molar-refractivity contribution in [3.05, 3.63) is 52.7 Å². The third kappa shape index (κ3) is 4.11. The fraction of sp³-hybridized carbons (Fsp3) is 0.0769. The summed E-state index contributed by atoms with van der Waals surface area (Å²) in [6.07, 6.45) is 0. The van der Waals surface area contributed by atoms with Gasteiger partial charge in [-0.15, -0.1) is 11.3 Å². The fourth-order valence-electron chi connectivity index (χ4n) is 1.35. The van der Waals surface area contributed by atoms with Gasteiger partial charge < -0.3 is 15.9 Å². The molecule has 0 spiro atoms. The Kier molecular flexibility index (Phi) is 4.52. The molecule has 0 bridgehead atoms. The summed E-state index contributed by atoms with van der Waals surface area (Å²) >= 11 is 1.46. The highest BCUT2D eigenvalue weighted by Crippen LogP contribution is 2.08. The number of hydrogen-bond acceptors (Lipinski definition) is 4. The zero-order chi connectivity index (χ0) is 13.5. The molecule has 3 N–H and O–H groups in total. The number of hydrogen-bond donors (Lipinski definition) is 2. The highest BCUT2D eigenvalue weighted by molar-refractivity contribution is 7.12. The molecule has 1 amide bonds. The van der Waals surface area contributed by atoms with Gasteiger partial charge in [0.05, 0.1) is 4.88 Å². The molecule has 6 heteroatoms. The number of carbonyl (C=O) groups is 1. The maximum atomic E-state index is 11.5. The molecular weight excluding hydrogens is 262 g/mol. The number of carbonyl (C=O) groups excluding carboxylic acids is 1. The lowest BCUT2D eigenvalue weighted by molar-refractivity contribution is -0.120. The largest absolute Gasteiger partial charge is 0.384 e. The summed E-state index contributed by atoms with van der Waals surface area (Å²) in [6, 6.07) is 12.8. The minimum absolute atomic E-state index is 0.180. The Hall–Kier alpha value is -2.34. The van der Waals surface area contributed by atoms with Crippen molar-refractivity contribution in [1.82, 2.24) is 0 Å². The van der Waals surface area contributed by atoms with Crippen molar-refractivity contribution in [3.63, 3.8) is 0 Å². The number of thiophene rings is 1. The fourth-order valence-corrected chi connectivity index (χ4v) is 1.97. The van der Waals surface area contributed by atoms with Gasteiger partial charge in [0.2, 0.25) is 0 Å². The first-order valence-corrected chi connectivity index (χ1v) is 6.48. The normalized spacial score (nSPS) is 11.1. The van der Waals surface area contributed by atoms with Crippen LogP contribution in [0.15, 0.2) is 53.0 Å². The molecule has 0 unspecified atom stereocenters. The average molecular weight is 275 g/mol. The first kappa shape index (κ1) is 13.1. The molecule has 0 aliphatic heterocycles. The molecule has 0 aliphatic carbocycles. The van der Waals surface area contributed by atoms with Gasteiger partial charge in [0.1, 0.15) is 0 Å². The molecule has 5 nitrogen and oxygen atoms in total. The predicted octanol–water partition coefficient (Wildman–Crippen LogP) is 2.02. The van der Waals surface area contributed by atoms with Crippen LogP contribution in [0.2, 0.25) is 0 Å². The molecule has 2 aromatic rings. The summed E-state index contributed by atoms with van der Waals surface area (Å²) in [5.41, 5.74) is 6.40. The molecule has 0 saturated heterocycles. The first-order chi connectivity index (χ1) is 9.25. The number of nitrogens with one attached hydrogen (secondary N) is 1. The molecule has 1 heterocycles. The van der Waals surface area contributed by atoms with Gasteiger partial charge >= 0.3 is 0 Å². The third-order valence-electron chi connectivity index (χ3n) is 2.19. The summed E-state index contributed by atoms with van der Waals surface area (Å²) < 4.78 is 0. The Bertz CT molecular complexity index is 553. The average Bonchev–Trinajstić information content (AvgIpc) is 2.93. The minimum atomic E-state index is -0.283. The standard InChI is InChI=1S/C13H13N3O2S/c14-13(11-7-4-8-19-11)16-18-9-12(17)15-10-5-2-1-3-6-10/h1-8H,9H2,(H2,14,16)(H,15,17). The van der Waals surface area contributed by atoms with Gasteiger partial charge in [-0.05, 0) is 23.6 Å². The van der Waals surface area contributed by atoms with E-state index in [4.69, 9.17) is 10.6 Å². The van der Waals surface area contributed by atoms with E-state index >= 15 is 0 Å². The Labute approximate surface area is 114 Å². The van der Waals surface area contributed by atoms with Crippen LogP contribution in [0.1, 0.15) is 4.88 Å². The van der Waals surface area contributed by atoms with Crippen LogP contribution in [0.25, 0.3) is 0 Å². The second kappa shape index (κ2) is 6.55. The van der Waals surface area contributed by atoms with Crippen LogP contribution in [0, 0.1) is 0 Å². The van der Waals surface area contributed by atoms with Crippen LogP contribution >= 0.6 is 11.3 Å². The monoisotopic (exact) mass is 275 g/mol. The molecule has 0 atom stereocenters. The van der Waals surface area contributed by atoms with Gasteiger partial charge in [-0.3, -0.25) is 4.79 Å². The van der Waals surface area contributed by atoms with E-state index < -0.39 is 0 Å². The maximum Gasteiger partial charge on any atom is 0.265 e. The quantitative estimate of drug-likeness (QED) is 0.498. The van der Waals surface area contributed by atoms with Crippen molar-refractivity contribution >= 4 is 28.8 Å². The zero-order valence-corrected chi connectivity index (χ0v) is 10.9. The predicted molar refractivity (Wildman–Crippen MR) is 76.1 cm³/mol. The maximum absolute atomic E-state index is 11.5. The minimum Gasteiger partial charge on any atom is -0.384 e. The van der Waals surface area contributed by atoms with Crippen LogP contribution < -0.4 is 11.1 Å². The Morgan fingerprint density at radius 3 is 2.74 bits per heavy atom. The topological polar surface area (TPSA) is 76.7 Å². The molecule has 1 aromatic carbocycles. The SMILES string of the molecule is NC(=NOCC(=O)Nc1ccccc1)c1cccs1. The summed E-state index contributed by atoms with van der Waals surface area (Å²) in [7, 11) is 0. The van der Waals surface area contributed by atoms with Crippen LogP contribution in [-0.2, 0) is 9.63 Å². The Balaban J connectivity index is 1.80. The van der Waals surface area contributed by atoms with Gasteiger partial charge in [-0.2, -0.15) is 0 Å². The summed E-state index contributed by atoms with van der Waals surface area (Å²) in [5.74, 6) is -0.0172. The molecule has 0 saturated carbocycles. The van der Waals surface area contributed by atoms with E-state index in [0.717, 1.165) is 4.88 Å². The smallest absolute Gasteiger partial charge is 0.265 e. The van der Waals surface area contributed by atoms with E-state index in [2.05, 4.69) is 10.5 Å². The van der Waals surface area contributed by atoms with Crippen LogP contribution in [0.4, 0.5) is 5.69 Å². The van der Waals surface area contributed by atoms with E-state index in [9.17, 15) is 4.79 Å².